The molecule has 19 heavy (non-hydrogen) atoms. The Hall–Kier alpha value is -1.04. The van der Waals surface area contributed by atoms with Gasteiger partial charge in [0.05, 0.1) is 0 Å². The number of hydrogen-bond donors (Lipinski definition) is 2. The topological polar surface area (TPSA) is 27.3 Å². The molecule has 2 rings (SSSR count). The van der Waals surface area contributed by atoms with E-state index in [0.717, 1.165) is 38.3 Å². The lowest BCUT2D eigenvalue weighted by atomic mass is 10.2. The number of nitrogens with zero attached hydrogens (tertiary/aromatic N) is 1. The SMILES string of the molecule is CC(CNCc1ccc(F)c(F)c1)N1CCNCC1. The molecule has 1 aromatic carbocycles. The molecule has 0 aromatic heterocycles. The van der Waals surface area contributed by atoms with Crippen molar-refractivity contribution >= 4 is 0 Å². The van der Waals surface area contributed by atoms with Gasteiger partial charge in [0.2, 0.25) is 0 Å². The van der Waals surface area contributed by atoms with Gasteiger partial charge < -0.3 is 10.6 Å². The summed E-state index contributed by atoms with van der Waals surface area (Å²) in [6.07, 6.45) is 0. The van der Waals surface area contributed by atoms with Gasteiger partial charge in [-0.15, -0.1) is 0 Å². The van der Waals surface area contributed by atoms with E-state index in [4.69, 9.17) is 0 Å². The van der Waals surface area contributed by atoms with Crippen molar-refractivity contribution in [1.82, 2.24) is 15.5 Å². The molecule has 106 valence electrons. The molecule has 1 aliphatic heterocycles. The lowest BCUT2D eigenvalue weighted by molar-refractivity contribution is 0.181. The zero-order chi connectivity index (χ0) is 13.7. The van der Waals surface area contributed by atoms with Crippen molar-refractivity contribution in [2.45, 2.75) is 19.5 Å². The molecule has 0 bridgehead atoms. The van der Waals surface area contributed by atoms with Crippen molar-refractivity contribution in [2.24, 2.45) is 0 Å². The van der Waals surface area contributed by atoms with Crippen LogP contribution in [0.15, 0.2) is 18.2 Å². The average molecular weight is 269 g/mol. The summed E-state index contributed by atoms with van der Waals surface area (Å²) < 4.78 is 25.8. The number of nitrogens with one attached hydrogen (secondary N) is 2. The fraction of sp³-hybridized carbons (Fsp3) is 0.571. The minimum absolute atomic E-state index is 0.451. The van der Waals surface area contributed by atoms with Gasteiger partial charge in [0, 0.05) is 45.3 Å². The third-order valence-electron chi connectivity index (χ3n) is 3.53. The smallest absolute Gasteiger partial charge is 0.159 e. The number of benzene rings is 1. The van der Waals surface area contributed by atoms with Crippen LogP contribution in [0.2, 0.25) is 0 Å². The zero-order valence-electron chi connectivity index (χ0n) is 11.3. The summed E-state index contributed by atoms with van der Waals surface area (Å²) in [5.74, 6) is -1.58. The number of halogens is 2. The van der Waals surface area contributed by atoms with Crippen LogP contribution in [0.5, 0.6) is 0 Å². The Balaban J connectivity index is 1.74. The van der Waals surface area contributed by atoms with Crippen molar-refractivity contribution in [1.29, 1.82) is 0 Å². The minimum Gasteiger partial charge on any atom is -0.314 e. The highest BCUT2D eigenvalue weighted by atomic mass is 19.2. The van der Waals surface area contributed by atoms with E-state index in [1.54, 1.807) is 6.07 Å². The fourth-order valence-electron chi connectivity index (χ4n) is 2.33. The highest BCUT2D eigenvalue weighted by molar-refractivity contribution is 5.17. The van der Waals surface area contributed by atoms with E-state index < -0.39 is 11.6 Å². The second-order valence-corrected chi connectivity index (χ2v) is 5.01. The summed E-state index contributed by atoms with van der Waals surface area (Å²) in [5.41, 5.74) is 0.770. The van der Waals surface area contributed by atoms with Crippen LogP contribution in [0.1, 0.15) is 12.5 Å². The lowest BCUT2D eigenvalue weighted by Crippen LogP contribution is -2.50. The Morgan fingerprint density at radius 3 is 2.68 bits per heavy atom. The van der Waals surface area contributed by atoms with Crippen LogP contribution in [-0.2, 0) is 6.54 Å². The van der Waals surface area contributed by atoms with E-state index >= 15 is 0 Å². The second-order valence-electron chi connectivity index (χ2n) is 5.01. The summed E-state index contributed by atoms with van der Waals surface area (Å²) in [7, 11) is 0. The Kier molecular flexibility index (Phi) is 5.24. The van der Waals surface area contributed by atoms with E-state index in [0.29, 0.717) is 12.6 Å². The van der Waals surface area contributed by atoms with Crippen molar-refractivity contribution in [3.8, 4) is 0 Å². The Morgan fingerprint density at radius 1 is 1.26 bits per heavy atom. The van der Waals surface area contributed by atoms with Crippen LogP contribution in [-0.4, -0.2) is 43.7 Å². The first kappa shape index (κ1) is 14.4. The largest absolute Gasteiger partial charge is 0.314 e. The van der Waals surface area contributed by atoms with Gasteiger partial charge in [-0.1, -0.05) is 6.07 Å². The maximum atomic E-state index is 13.0. The first-order chi connectivity index (χ1) is 9.16. The molecule has 0 radical (unpaired) electrons. The molecule has 3 nitrogen and oxygen atoms in total. The maximum absolute atomic E-state index is 13.0. The van der Waals surface area contributed by atoms with Crippen LogP contribution in [0, 0.1) is 11.6 Å². The molecule has 1 atom stereocenters. The summed E-state index contributed by atoms with van der Waals surface area (Å²) >= 11 is 0. The predicted octanol–water partition coefficient (Wildman–Crippen LogP) is 1.35. The van der Waals surface area contributed by atoms with E-state index in [-0.39, 0.29) is 0 Å². The van der Waals surface area contributed by atoms with Gasteiger partial charge in [-0.05, 0) is 24.6 Å². The molecule has 0 spiro atoms. The summed E-state index contributed by atoms with van der Waals surface area (Å²) in [4.78, 5) is 2.43. The monoisotopic (exact) mass is 269 g/mol. The Labute approximate surface area is 113 Å². The van der Waals surface area contributed by atoms with E-state index in [1.807, 2.05) is 0 Å². The average Bonchev–Trinajstić information content (AvgIpc) is 2.43. The van der Waals surface area contributed by atoms with E-state index in [1.165, 1.54) is 12.1 Å². The molecule has 1 fully saturated rings. The molecule has 0 aliphatic carbocycles. The van der Waals surface area contributed by atoms with E-state index in [2.05, 4.69) is 22.5 Å². The van der Waals surface area contributed by atoms with Crippen molar-refractivity contribution < 1.29 is 8.78 Å². The maximum Gasteiger partial charge on any atom is 0.159 e. The van der Waals surface area contributed by atoms with Crippen molar-refractivity contribution in [3.63, 3.8) is 0 Å². The highest BCUT2D eigenvalue weighted by Gasteiger charge is 2.15. The first-order valence-electron chi connectivity index (χ1n) is 6.76. The number of piperazine rings is 1. The second kappa shape index (κ2) is 6.93. The molecule has 5 heteroatoms. The van der Waals surface area contributed by atoms with Gasteiger partial charge in [-0.3, -0.25) is 4.90 Å². The highest BCUT2D eigenvalue weighted by Crippen LogP contribution is 2.08. The number of hydrogen-bond acceptors (Lipinski definition) is 3. The van der Waals surface area contributed by atoms with Gasteiger partial charge in [0.25, 0.3) is 0 Å². The number of rotatable bonds is 5. The van der Waals surface area contributed by atoms with Gasteiger partial charge in [-0.25, -0.2) is 8.78 Å². The van der Waals surface area contributed by atoms with Gasteiger partial charge in [-0.2, -0.15) is 0 Å². The molecule has 0 saturated carbocycles. The molecular weight excluding hydrogens is 248 g/mol. The fourth-order valence-corrected chi connectivity index (χ4v) is 2.33. The standard InChI is InChI=1S/C14H21F2N3/c1-11(19-6-4-17-5-7-19)9-18-10-12-2-3-13(15)14(16)8-12/h2-3,8,11,17-18H,4-7,9-10H2,1H3. The lowest BCUT2D eigenvalue weighted by Gasteiger charge is -2.32. The predicted molar refractivity (Wildman–Crippen MR) is 72.0 cm³/mol. The quantitative estimate of drug-likeness (QED) is 0.845. The minimum atomic E-state index is -0.794. The summed E-state index contributed by atoms with van der Waals surface area (Å²) in [5, 5.41) is 6.62. The molecule has 1 aliphatic rings. The van der Waals surface area contributed by atoms with Crippen LogP contribution >= 0.6 is 0 Å². The molecule has 1 saturated heterocycles. The van der Waals surface area contributed by atoms with E-state index in [9.17, 15) is 8.78 Å². The van der Waals surface area contributed by atoms with Crippen molar-refractivity contribution in [3.05, 3.63) is 35.4 Å². The molecule has 1 heterocycles. The molecular formula is C14H21F2N3. The summed E-state index contributed by atoms with van der Waals surface area (Å²) in [6.45, 7) is 7.79. The van der Waals surface area contributed by atoms with Gasteiger partial charge >= 0.3 is 0 Å². The van der Waals surface area contributed by atoms with Gasteiger partial charge in [0.15, 0.2) is 11.6 Å². The summed E-state index contributed by atoms with van der Waals surface area (Å²) in [6, 6.07) is 4.48. The first-order valence-corrected chi connectivity index (χ1v) is 6.76. The van der Waals surface area contributed by atoms with Gasteiger partial charge in [0.1, 0.15) is 0 Å². The van der Waals surface area contributed by atoms with Crippen LogP contribution in [0.25, 0.3) is 0 Å². The normalized spacial score (nSPS) is 18.5. The van der Waals surface area contributed by atoms with Crippen molar-refractivity contribution in [2.75, 3.05) is 32.7 Å². The Bertz CT molecular complexity index is 406. The molecule has 1 unspecified atom stereocenters. The molecule has 0 amide bonds. The Morgan fingerprint density at radius 2 is 2.00 bits per heavy atom. The van der Waals surface area contributed by atoms with Crippen LogP contribution in [0.4, 0.5) is 8.78 Å². The van der Waals surface area contributed by atoms with Crippen LogP contribution < -0.4 is 10.6 Å². The molecule has 1 aromatic rings. The third-order valence-corrected chi connectivity index (χ3v) is 3.53. The zero-order valence-corrected chi connectivity index (χ0v) is 11.3. The van der Waals surface area contributed by atoms with Crippen LogP contribution in [0.3, 0.4) is 0 Å². The molecule has 2 N–H and O–H groups in total. The third kappa shape index (κ3) is 4.23.